The van der Waals surface area contributed by atoms with Gasteiger partial charge in [-0.3, -0.25) is 4.79 Å². The summed E-state index contributed by atoms with van der Waals surface area (Å²) in [6, 6.07) is 15.3. The lowest BCUT2D eigenvalue weighted by atomic mass is 10.1. The number of aliphatic hydroxyl groups is 1. The molecule has 0 aromatic heterocycles. The van der Waals surface area contributed by atoms with Gasteiger partial charge in [0.1, 0.15) is 23.4 Å². The maximum atomic E-state index is 14.5. The van der Waals surface area contributed by atoms with Crippen LogP contribution in [-0.2, 0) is 4.79 Å². The van der Waals surface area contributed by atoms with E-state index in [1.54, 1.807) is 29.2 Å². The Labute approximate surface area is 207 Å². The largest absolute Gasteiger partial charge is 0.494 e. The highest BCUT2D eigenvalue weighted by Crippen LogP contribution is 2.47. The van der Waals surface area contributed by atoms with Crippen molar-refractivity contribution < 1.29 is 28.2 Å². The van der Waals surface area contributed by atoms with Crippen molar-refractivity contribution in [2.45, 2.75) is 16.2 Å². The van der Waals surface area contributed by atoms with Gasteiger partial charge in [-0.25, -0.2) is 8.78 Å². The molecule has 3 aromatic carbocycles. The number of anilines is 1. The number of ether oxygens (including phenoxy) is 2. The predicted molar refractivity (Wildman–Crippen MR) is 131 cm³/mol. The molecule has 3 aromatic rings. The lowest BCUT2D eigenvalue weighted by Crippen LogP contribution is -2.43. The number of thioether (sulfide) groups is 1. The molecule has 9 heteroatoms. The lowest BCUT2D eigenvalue weighted by molar-refractivity contribution is -0.126. The maximum Gasteiger partial charge on any atom is 0.257 e. The minimum atomic E-state index is -1.40. The Morgan fingerprint density at radius 1 is 1.03 bits per heavy atom. The zero-order valence-corrected chi connectivity index (χ0v) is 20.4. The second-order valence-corrected chi connectivity index (χ2v) is 9.54. The van der Waals surface area contributed by atoms with Crippen LogP contribution in [0.25, 0.3) is 0 Å². The molecule has 0 saturated carbocycles. The average Bonchev–Trinajstić information content (AvgIpc) is 2.93. The van der Waals surface area contributed by atoms with Crippen LogP contribution in [0.2, 0.25) is 0 Å². The second kappa shape index (κ2) is 10.6. The average molecular weight is 501 g/mol. The van der Waals surface area contributed by atoms with Crippen LogP contribution in [0.3, 0.4) is 0 Å². The van der Waals surface area contributed by atoms with Gasteiger partial charge in [0.25, 0.3) is 5.91 Å². The van der Waals surface area contributed by atoms with Gasteiger partial charge in [-0.2, -0.15) is 0 Å². The van der Waals surface area contributed by atoms with Gasteiger partial charge in [-0.05, 0) is 74.3 Å². The van der Waals surface area contributed by atoms with E-state index in [1.165, 1.54) is 55.3 Å². The number of benzene rings is 3. The van der Waals surface area contributed by atoms with Gasteiger partial charge in [0.05, 0.1) is 18.0 Å². The molecule has 2 atom stereocenters. The Balaban J connectivity index is 1.73. The summed E-state index contributed by atoms with van der Waals surface area (Å²) in [5.74, 6) is -0.387. The molecule has 0 radical (unpaired) electrons. The van der Waals surface area contributed by atoms with Crippen molar-refractivity contribution in [3.05, 3.63) is 77.9 Å². The van der Waals surface area contributed by atoms with Gasteiger partial charge in [-0.1, -0.05) is 6.07 Å². The third-order valence-electron chi connectivity index (χ3n) is 5.61. The van der Waals surface area contributed by atoms with Crippen molar-refractivity contribution in [2.75, 3.05) is 39.2 Å². The van der Waals surface area contributed by atoms with Crippen LogP contribution >= 0.6 is 11.8 Å². The van der Waals surface area contributed by atoms with E-state index in [2.05, 4.69) is 0 Å². The SMILES string of the molecule is COc1ccc([C@H]2Sc3cc(Oc4ccc(F)cc4)ccc3N(CCN(C)C)C(=O)[C@H]2O)cc1F. The number of nitrogens with zero attached hydrogens (tertiary/aromatic N) is 2. The molecule has 0 unspecified atom stereocenters. The quantitative estimate of drug-likeness (QED) is 0.500. The Morgan fingerprint density at radius 3 is 2.40 bits per heavy atom. The van der Waals surface area contributed by atoms with E-state index in [0.29, 0.717) is 40.7 Å². The topological polar surface area (TPSA) is 62.2 Å². The molecule has 1 heterocycles. The lowest BCUT2D eigenvalue weighted by Gasteiger charge is -2.26. The number of rotatable bonds is 7. The number of amides is 1. The van der Waals surface area contributed by atoms with E-state index < -0.39 is 23.1 Å². The van der Waals surface area contributed by atoms with Crippen LogP contribution in [0.5, 0.6) is 17.2 Å². The second-order valence-electron chi connectivity index (χ2n) is 8.36. The molecule has 0 spiro atoms. The fourth-order valence-corrected chi connectivity index (χ4v) is 5.05. The van der Waals surface area contributed by atoms with Gasteiger partial charge >= 0.3 is 0 Å². The normalized spacial score (nSPS) is 17.8. The van der Waals surface area contributed by atoms with Gasteiger partial charge in [0.2, 0.25) is 0 Å². The van der Waals surface area contributed by atoms with Gasteiger partial charge < -0.3 is 24.4 Å². The molecule has 4 rings (SSSR count). The van der Waals surface area contributed by atoms with Crippen molar-refractivity contribution in [2.24, 2.45) is 0 Å². The molecule has 0 bridgehead atoms. The first-order valence-corrected chi connectivity index (χ1v) is 11.9. The van der Waals surface area contributed by atoms with E-state index in [9.17, 15) is 18.7 Å². The summed E-state index contributed by atoms with van der Waals surface area (Å²) in [6.07, 6.45) is -1.40. The van der Waals surface area contributed by atoms with Crippen LogP contribution < -0.4 is 14.4 Å². The summed E-state index contributed by atoms with van der Waals surface area (Å²) < 4.78 is 38.6. The number of likely N-dealkylation sites (N-methyl/N-ethyl adjacent to an activating group) is 1. The summed E-state index contributed by atoms with van der Waals surface area (Å²) in [6.45, 7) is 0.941. The first kappa shape index (κ1) is 25.0. The van der Waals surface area contributed by atoms with E-state index in [1.807, 2.05) is 19.0 Å². The van der Waals surface area contributed by atoms with Gasteiger partial charge in [0, 0.05) is 18.0 Å². The highest BCUT2D eigenvalue weighted by molar-refractivity contribution is 7.99. The summed E-state index contributed by atoms with van der Waals surface area (Å²) in [4.78, 5) is 17.6. The van der Waals surface area contributed by atoms with Crippen LogP contribution in [0, 0.1) is 11.6 Å². The molecule has 1 amide bonds. The summed E-state index contributed by atoms with van der Waals surface area (Å²) >= 11 is 1.26. The standard InChI is InChI=1S/C26H26F2N2O4S/c1-29(2)12-13-30-21-10-9-19(34-18-7-5-17(27)6-8-18)15-23(21)35-25(24(31)26(30)32)16-4-11-22(33-3)20(28)14-16/h4-11,14-15,24-25,31H,12-13H2,1-3H3/t24-,25+/m0/s1. The van der Waals surface area contributed by atoms with Crippen LogP contribution in [0.15, 0.2) is 65.6 Å². The van der Waals surface area contributed by atoms with Crippen LogP contribution in [0.4, 0.5) is 14.5 Å². The number of methoxy groups -OCH3 is 1. The van der Waals surface area contributed by atoms with Crippen molar-refractivity contribution in [1.82, 2.24) is 4.90 Å². The molecule has 0 fully saturated rings. The number of carbonyl (C=O) groups excluding carboxylic acids is 1. The van der Waals surface area contributed by atoms with Crippen molar-refractivity contribution >= 4 is 23.4 Å². The molecule has 0 saturated heterocycles. The monoisotopic (exact) mass is 500 g/mol. The number of aliphatic hydroxyl groups excluding tert-OH is 1. The van der Waals surface area contributed by atoms with Crippen LogP contribution in [-0.4, -0.2) is 56.3 Å². The maximum absolute atomic E-state index is 14.5. The van der Waals surface area contributed by atoms with Crippen molar-refractivity contribution in [1.29, 1.82) is 0 Å². The van der Waals surface area contributed by atoms with E-state index in [0.717, 1.165) is 0 Å². The summed E-state index contributed by atoms with van der Waals surface area (Å²) in [5.41, 5.74) is 1.09. The number of carbonyl (C=O) groups is 1. The highest BCUT2D eigenvalue weighted by Gasteiger charge is 2.37. The van der Waals surface area contributed by atoms with Gasteiger partial charge in [0.15, 0.2) is 11.6 Å². The van der Waals surface area contributed by atoms with Crippen LogP contribution in [0.1, 0.15) is 10.8 Å². The molecule has 184 valence electrons. The zero-order valence-electron chi connectivity index (χ0n) is 19.6. The number of halogens is 2. The molecule has 6 nitrogen and oxygen atoms in total. The van der Waals surface area contributed by atoms with E-state index in [4.69, 9.17) is 9.47 Å². The number of hydrogen-bond donors (Lipinski definition) is 1. The summed E-state index contributed by atoms with van der Waals surface area (Å²) in [7, 11) is 5.17. The first-order valence-electron chi connectivity index (χ1n) is 11.0. The van der Waals surface area contributed by atoms with E-state index in [-0.39, 0.29) is 11.6 Å². The smallest absolute Gasteiger partial charge is 0.257 e. The molecular weight excluding hydrogens is 474 g/mol. The minimum absolute atomic E-state index is 0.0798. The van der Waals surface area contributed by atoms with E-state index >= 15 is 0 Å². The zero-order chi connectivity index (χ0) is 25.1. The number of hydrogen-bond acceptors (Lipinski definition) is 6. The third-order valence-corrected chi connectivity index (χ3v) is 6.97. The number of fused-ring (bicyclic) bond motifs is 1. The third kappa shape index (κ3) is 5.58. The molecule has 35 heavy (non-hydrogen) atoms. The molecular formula is C26H26F2N2O4S. The molecule has 0 aliphatic carbocycles. The minimum Gasteiger partial charge on any atom is -0.494 e. The van der Waals surface area contributed by atoms with Gasteiger partial charge in [-0.15, -0.1) is 11.8 Å². The molecule has 1 aliphatic rings. The Hall–Kier alpha value is -3.14. The first-order chi connectivity index (χ1) is 16.8. The molecule has 1 aliphatic heterocycles. The molecule has 1 N–H and O–H groups in total. The predicted octanol–water partition coefficient (Wildman–Crippen LogP) is 4.87. The Bertz CT molecular complexity index is 1210. The Kier molecular flexibility index (Phi) is 7.59. The van der Waals surface area contributed by atoms with Crippen molar-refractivity contribution in [3.8, 4) is 17.2 Å². The highest BCUT2D eigenvalue weighted by atomic mass is 32.2. The fraction of sp³-hybridized carbons (Fsp3) is 0.269. The fourth-order valence-electron chi connectivity index (χ4n) is 3.76. The van der Waals surface area contributed by atoms with Crippen molar-refractivity contribution in [3.63, 3.8) is 0 Å². The Morgan fingerprint density at radius 2 is 1.74 bits per heavy atom. The summed E-state index contributed by atoms with van der Waals surface area (Å²) in [5, 5.41) is 10.3.